The first-order chi connectivity index (χ1) is 9.79. The minimum Gasteiger partial charge on any atom is -0.425 e. The second kappa shape index (κ2) is 7.80. The molecular formula is C16H23N3O. The van der Waals surface area contributed by atoms with Crippen LogP contribution in [-0.2, 0) is 12.8 Å². The molecule has 0 aliphatic carbocycles. The van der Waals surface area contributed by atoms with Crippen molar-refractivity contribution in [3.63, 3.8) is 0 Å². The number of hydrogen-bond acceptors (Lipinski definition) is 4. The standard InChI is InChI=1S/C16H23N3O/c1-3-10-17-11-6-9-15-18-19-16(20-15)12-14-8-5-4-7-13(14)2/h4-5,7-8,17H,3,6,9-12H2,1-2H3. The molecule has 1 heterocycles. The van der Waals surface area contributed by atoms with Gasteiger partial charge in [-0.3, -0.25) is 0 Å². The van der Waals surface area contributed by atoms with E-state index >= 15 is 0 Å². The van der Waals surface area contributed by atoms with Gasteiger partial charge in [0.15, 0.2) is 0 Å². The lowest BCUT2D eigenvalue weighted by atomic mass is 10.1. The van der Waals surface area contributed by atoms with E-state index in [1.807, 2.05) is 12.1 Å². The van der Waals surface area contributed by atoms with E-state index in [4.69, 9.17) is 4.42 Å². The van der Waals surface area contributed by atoms with E-state index in [9.17, 15) is 0 Å². The average Bonchev–Trinajstić information content (AvgIpc) is 2.89. The van der Waals surface area contributed by atoms with Gasteiger partial charge in [-0.05, 0) is 44.0 Å². The van der Waals surface area contributed by atoms with Gasteiger partial charge in [-0.1, -0.05) is 31.2 Å². The Kier molecular flexibility index (Phi) is 5.74. The molecular weight excluding hydrogens is 250 g/mol. The third kappa shape index (κ3) is 4.46. The van der Waals surface area contributed by atoms with Crippen LogP contribution >= 0.6 is 0 Å². The van der Waals surface area contributed by atoms with Crippen molar-refractivity contribution in [3.05, 3.63) is 47.2 Å². The summed E-state index contributed by atoms with van der Waals surface area (Å²) in [5.74, 6) is 1.45. The number of hydrogen-bond donors (Lipinski definition) is 1. The van der Waals surface area contributed by atoms with Crippen LogP contribution in [0.3, 0.4) is 0 Å². The van der Waals surface area contributed by atoms with E-state index in [1.54, 1.807) is 0 Å². The van der Waals surface area contributed by atoms with Crippen LogP contribution in [-0.4, -0.2) is 23.3 Å². The third-order valence-corrected chi connectivity index (χ3v) is 3.28. The fourth-order valence-corrected chi connectivity index (χ4v) is 2.10. The summed E-state index contributed by atoms with van der Waals surface area (Å²) in [6.45, 7) is 6.35. The lowest BCUT2D eigenvalue weighted by molar-refractivity contribution is 0.449. The Bertz CT molecular complexity index is 522. The van der Waals surface area contributed by atoms with E-state index < -0.39 is 0 Å². The minimum atomic E-state index is 0.704. The van der Waals surface area contributed by atoms with Crippen LogP contribution in [0.25, 0.3) is 0 Å². The van der Waals surface area contributed by atoms with Crippen molar-refractivity contribution in [1.82, 2.24) is 15.5 Å². The fourth-order valence-electron chi connectivity index (χ4n) is 2.10. The van der Waals surface area contributed by atoms with E-state index in [2.05, 4.69) is 41.5 Å². The molecule has 0 atom stereocenters. The molecule has 20 heavy (non-hydrogen) atoms. The van der Waals surface area contributed by atoms with Gasteiger partial charge < -0.3 is 9.73 Å². The Morgan fingerprint density at radius 3 is 2.70 bits per heavy atom. The zero-order valence-electron chi connectivity index (χ0n) is 12.4. The number of nitrogens with zero attached hydrogens (tertiary/aromatic N) is 2. The van der Waals surface area contributed by atoms with Crippen LogP contribution in [0.4, 0.5) is 0 Å². The van der Waals surface area contributed by atoms with Crippen molar-refractivity contribution < 1.29 is 4.42 Å². The maximum absolute atomic E-state index is 5.70. The summed E-state index contributed by atoms with van der Waals surface area (Å²) >= 11 is 0. The molecule has 0 bridgehead atoms. The van der Waals surface area contributed by atoms with Crippen molar-refractivity contribution >= 4 is 0 Å². The summed E-state index contributed by atoms with van der Waals surface area (Å²) in [5, 5.41) is 11.6. The van der Waals surface area contributed by atoms with Gasteiger partial charge in [0.05, 0.1) is 6.42 Å². The maximum atomic E-state index is 5.70. The molecule has 4 heteroatoms. The Labute approximate surface area is 120 Å². The van der Waals surface area contributed by atoms with Crippen LogP contribution in [0.5, 0.6) is 0 Å². The normalized spacial score (nSPS) is 10.9. The average molecular weight is 273 g/mol. The molecule has 4 nitrogen and oxygen atoms in total. The summed E-state index contributed by atoms with van der Waals surface area (Å²) in [7, 11) is 0. The Hall–Kier alpha value is -1.68. The Morgan fingerprint density at radius 2 is 1.90 bits per heavy atom. The Morgan fingerprint density at radius 1 is 1.10 bits per heavy atom. The van der Waals surface area contributed by atoms with Gasteiger partial charge in [0.2, 0.25) is 11.8 Å². The number of aromatic nitrogens is 2. The first-order valence-corrected chi connectivity index (χ1v) is 7.36. The van der Waals surface area contributed by atoms with Crippen LogP contribution in [0, 0.1) is 6.92 Å². The SMILES string of the molecule is CCCNCCCc1nnc(Cc2ccccc2C)o1. The molecule has 0 aliphatic heterocycles. The molecule has 2 aromatic rings. The molecule has 0 aliphatic rings. The summed E-state index contributed by atoms with van der Waals surface area (Å²) in [5.41, 5.74) is 2.50. The third-order valence-electron chi connectivity index (χ3n) is 3.28. The quantitative estimate of drug-likeness (QED) is 0.751. The number of rotatable bonds is 8. The van der Waals surface area contributed by atoms with Crippen molar-refractivity contribution in [3.8, 4) is 0 Å². The summed E-state index contributed by atoms with van der Waals surface area (Å²) in [4.78, 5) is 0. The molecule has 0 unspecified atom stereocenters. The summed E-state index contributed by atoms with van der Waals surface area (Å²) in [6, 6.07) is 8.29. The second-order valence-electron chi connectivity index (χ2n) is 5.05. The Balaban J connectivity index is 1.82. The van der Waals surface area contributed by atoms with Gasteiger partial charge in [-0.2, -0.15) is 0 Å². The van der Waals surface area contributed by atoms with Crippen molar-refractivity contribution in [2.75, 3.05) is 13.1 Å². The molecule has 0 saturated heterocycles. The van der Waals surface area contributed by atoms with Gasteiger partial charge in [-0.25, -0.2) is 0 Å². The molecule has 0 radical (unpaired) electrons. The van der Waals surface area contributed by atoms with Gasteiger partial charge in [0.25, 0.3) is 0 Å². The summed E-state index contributed by atoms with van der Waals surface area (Å²) in [6.07, 6.45) is 3.76. The second-order valence-corrected chi connectivity index (χ2v) is 5.05. The lowest BCUT2D eigenvalue weighted by Crippen LogP contribution is -2.16. The number of nitrogens with one attached hydrogen (secondary N) is 1. The van der Waals surface area contributed by atoms with Gasteiger partial charge in [-0.15, -0.1) is 10.2 Å². The number of benzene rings is 1. The lowest BCUT2D eigenvalue weighted by Gasteiger charge is -2.01. The first kappa shape index (κ1) is 14.7. The molecule has 0 fully saturated rings. The monoisotopic (exact) mass is 273 g/mol. The molecule has 0 spiro atoms. The zero-order valence-corrected chi connectivity index (χ0v) is 12.4. The zero-order chi connectivity index (χ0) is 14.2. The summed E-state index contributed by atoms with van der Waals surface area (Å²) < 4.78 is 5.70. The molecule has 1 aromatic carbocycles. The van der Waals surface area contributed by atoms with E-state index in [0.717, 1.165) is 31.8 Å². The van der Waals surface area contributed by atoms with Gasteiger partial charge >= 0.3 is 0 Å². The van der Waals surface area contributed by atoms with Gasteiger partial charge in [0.1, 0.15) is 0 Å². The molecule has 2 rings (SSSR count). The molecule has 0 amide bonds. The van der Waals surface area contributed by atoms with E-state index in [1.165, 1.54) is 17.5 Å². The highest BCUT2D eigenvalue weighted by Crippen LogP contribution is 2.13. The maximum Gasteiger partial charge on any atom is 0.220 e. The predicted octanol–water partition coefficient (Wildman–Crippen LogP) is 2.90. The largest absolute Gasteiger partial charge is 0.425 e. The fraction of sp³-hybridized carbons (Fsp3) is 0.500. The molecule has 1 aromatic heterocycles. The van der Waals surface area contributed by atoms with Gasteiger partial charge in [0, 0.05) is 6.42 Å². The highest BCUT2D eigenvalue weighted by molar-refractivity contribution is 5.27. The van der Waals surface area contributed by atoms with Crippen LogP contribution in [0.15, 0.2) is 28.7 Å². The highest BCUT2D eigenvalue weighted by atomic mass is 16.4. The number of aryl methyl sites for hydroxylation is 2. The highest BCUT2D eigenvalue weighted by Gasteiger charge is 2.08. The minimum absolute atomic E-state index is 0.704. The van der Waals surface area contributed by atoms with Crippen molar-refractivity contribution in [1.29, 1.82) is 0 Å². The van der Waals surface area contributed by atoms with E-state index in [-0.39, 0.29) is 0 Å². The van der Waals surface area contributed by atoms with Crippen molar-refractivity contribution in [2.24, 2.45) is 0 Å². The topological polar surface area (TPSA) is 51.0 Å². The van der Waals surface area contributed by atoms with E-state index in [0.29, 0.717) is 12.3 Å². The molecule has 108 valence electrons. The van der Waals surface area contributed by atoms with Crippen LogP contribution < -0.4 is 5.32 Å². The van der Waals surface area contributed by atoms with Crippen LogP contribution in [0.1, 0.15) is 42.7 Å². The van der Waals surface area contributed by atoms with Crippen LogP contribution in [0.2, 0.25) is 0 Å². The molecule has 0 saturated carbocycles. The first-order valence-electron chi connectivity index (χ1n) is 7.36. The smallest absolute Gasteiger partial charge is 0.220 e. The van der Waals surface area contributed by atoms with Crippen molar-refractivity contribution in [2.45, 2.75) is 39.5 Å². The predicted molar refractivity (Wildman–Crippen MR) is 79.8 cm³/mol. The molecule has 1 N–H and O–H groups in total.